The van der Waals surface area contributed by atoms with E-state index >= 15 is 0 Å². The van der Waals surface area contributed by atoms with E-state index in [2.05, 4.69) is 5.10 Å². The summed E-state index contributed by atoms with van der Waals surface area (Å²) >= 11 is 0. The fourth-order valence-electron chi connectivity index (χ4n) is 3.66. The molecule has 2 amide bonds. The lowest BCUT2D eigenvalue weighted by atomic mass is 9.93. The molecule has 1 atom stereocenters. The lowest BCUT2D eigenvalue weighted by Crippen LogP contribution is -2.52. The number of aromatic nitrogens is 2. The van der Waals surface area contributed by atoms with Gasteiger partial charge in [-0.2, -0.15) is 5.10 Å². The van der Waals surface area contributed by atoms with Gasteiger partial charge in [0.2, 0.25) is 5.91 Å². The molecule has 0 spiro atoms. The third-order valence-corrected chi connectivity index (χ3v) is 5.08. The van der Waals surface area contributed by atoms with Gasteiger partial charge in [-0.1, -0.05) is 24.3 Å². The molecule has 0 fully saturated rings. The molecular weight excluding hydrogens is 356 g/mol. The number of benzene rings is 1. The summed E-state index contributed by atoms with van der Waals surface area (Å²) in [4.78, 5) is 29.6. The third kappa shape index (κ3) is 3.43. The van der Waals surface area contributed by atoms with Gasteiger partial charge in [-0.05, 0) is 23.3 Å². The van der Waals surface area contributed by atoms with Crippen LogP contribution in [0.15, 0.2) is 59.5 Å². The Hall–Kier alpha value is -3.35. The standard InChI is InChI=1S/C21H22N4O3/c1-23(12-15-11-22-24(2)13-15)20(26)18-10-16-6-3-4-7-17(16)14-25(18)21(27)19-8-5-9-28-19/h3-9,11,13,18H,10,12,14H2,1-2H3/t18-/m0/s1. The van der Waals surface area contributed by atoms with Gasteiger partial charge in [-0.15, -0.1) is 0 Å². The van der Waals surface area contributed by atoms with Gasteiger partial charge in [-0.25, -0.2) is 0 Å². The molecule has 7 heteroatoms. The minimum Gasteiger partial charge on any atom is -0.459 e. The third-order valence-electron chi connectivity index (χ3n) is 5.08. The van der Waals surface area contributed by atoms with Crippen LogP contribution < -0.4 is 0 Å². The second kappa shape index (κ2) is 7.34. The van der Waals surface area contributed by atoms with Gasteiger partial charge in [0.1, 0.15) is 6.04 Å². The zero-order valence-corrected chi connectivity index (χ0v) is 15.9. The maximum atomic E-state index is 13.3. The number of hydrogen-bond donors (Lipinski definition) is 0. The molecule has 0 saturated heterocycles. The number of furan rings is 1. The van der Waals surface area contributed by atoms with Crippen LogP contribution in [0.2, 0.25) is 0 Å². The quantitative estimate of drug-likeness (QED) is 0.698. The Labute approximate surface area is 163 Å². The molecule has 0 bridgehead atoms. The number of hydrogen-bond acceptors (Lipinski definition) is 4. The first-order valence-electron chi connectivity index (χ1n) is 9.16. The molecule has 28 heavy (non-hydrogen) atoms. The van der Waals surface area contributed by atoms with Crippen molar-refractivity contribution < 1.29 is 14.0 Å². The number of nitrogens with zero attached hydrogens (tertiary/aromatic N) is 4. The lowest BCUT2D eigenvalue weighted by Gasteiger charge is -2.37. The highest BCUT2D eigenvalue weighted by molar-refractivity contribution is 5.96. The first kappa shape index (κ1) is 18.0. The van der Waals surface area contributed by atoms with E-state index < -0.39 is 6.04 Å². The first-order valence-corrected chi connectivity index (χ1v) is 9.16. The molecule has 1 aliphatic heterocycles. The molecule has 2 aromatic heterocycles. The molecule has 3 aromatic rings. The van der Waals surface area contributed by atoms with Crippen molar-refractivity contribution in [1.82, 2.24) is 19.6 Å². The lowest BCUT2D eigenvalue weighted by molar-refractivity contribution is -0.135. The summed E-state index contributed by atoms with van der Waals surface area (Å²) in [6.07, 6.45) is 5.58. The summed E-state index contributed by atoms with van der Waals surface area (Å²) in [5.41, 5.74) is 3.10. The molecule has 0 saturated carbocycles. The Balaban J connectivity index is 1.61. The van der Waals surface area contributed by atoms with Crippen molar-refractivity contribution in [2.24, 2.45) is 7.05 Å². The summed E-state index contributed by atoms with van der Waals surface area (Å²) in [6, 6.07) is 10.7. The van der Waals surface area contributed by atoms with Gasteiger partial charge >= 0.3 is 0 Å². The van der Waals surface area contributed by atoms with Gasteiger partial charge in [-0.3, -0.25) is 14.3 Å². The zero-order valence-electron chi connectivity index (χ0n) is 15.9. The van der Waals surface area contributed by atoms with Crippen LogP contribution in [0, 0.1) is 0 Å². The average molecular weight is 378 g/mol. The molecule has 7 nitrogen and oxygen atoms in total. The SMILES string of the molecule is CN(Cc1cnn(C)c1)C(=O)[C@@H]1Cc2ccccc2CN1C(=O)c1ccco1. The van der Waals surface area contributed by atoms with Crippen molar-refractivity contribution >= 4 is 11.8 Å². The van der Waals surface area contributed by atoms with Crippen LogP contribution in [-0.4, -0.2) is 44.5 Å². The molecule has 1 aromatic carbocycles. The summed E-state index contributed by atoms with van der Waals surface area (Å²) in [5, 5.41) is 4.15. The van der Waals surface area contributed by atoms with Crippen LogP contribution in [0.25, 0.3) is 0 Å². The van der Waals surface area contributed by atoms with Gasteiger partial charge in [0.25, 0.3) is 5.91 Å². The molecule has 4 rings (SSSR count). The first-order chi connectivity index (χ1) is 13.5. The van der Waals surface area contributed by atoms with E-state index in [9.17, 15) is 9.59 Å². The second-order valence-corrected chi connectivity index (χ2v) is 7.12. The zero-order chi connectivity index (χ0) is 19.7. The Bertz CT molecular complexity index is 993. The monoisotopic (exact) mass is 378 g/mol. The second-order valence-electron chi connectivity index (χ2n) is 7.12. The molecule has 0 radical (unpaired) electrons. The summed E-state index contributed by atoms with van der Waals surface area (Å²) in [6.45, 7) is 0.820. The highest BCUT2D eigenvalue weighted by Gasteiger charge is 2.37. The van der Waals surface area contributed by atoms with Crippen molar-refractivity contribution in [3.8, 4) is 0 Å². The van der Waals surface area contributed by atoms with Crippen molar-refractivity contribution in [3.05, 3.63) is 77.5 Å². The van der Waals surface area contributed by atoms with Crippen molar-refractivity contribution in [1.29, 1.82) is 0 Å². The maximum Gasteiger partial charge on any atom is 0.290 e. The average Bonchev–Trinajstić information content (AvgIpc) is 3.37. The van der Waals surface area contributed by atoms with Crippen molar-refractivity contribution in [2.45, 2.75) is 25.6 Å². The predicted octanol–water partition coefficient (Wildman–Crippen LogP) is 2.24. The van der Waals surface area contributed by atoms with E-state index in [0.29, 0.717) is 19.5 Å². The fraction of sp³-hybridized carbons (Fsp3) is 0.286. The Kier molecular flexibility index (Phi) is 4.73. The highest BCUT2D eigenvalue weighted by Crippen LogP contribution is 2.26. The van der Waals surface area contributed by atoms with Gasteiger partial charge in [0.05, 0.1) is 12.5 Å². The van der Waals surface area contributed by atoms with Gasteiger partial charge in [0.15, 0.2) is 5.76 Å². The molecule has 0 aliphatic carbocycles. The highest BCUT2D eigenvalue weighted by atomic mass is 16.3. The van der Waals surface area contributed by atoms with Crippen LogP contribution in [0.4, 0.5) is 0 Å². The minimum atomic E-state index is -0.575. The van der Waals surface area contributed by atoms with Crippen LogP contribution >= 0.6 is 0 Å². The molecular formula is C21H22N4O3. The molecule has 0 unspecified atom stereocenters. The number of aryl methyl sites for hydroxylation is 1. The molecule has 0 N–H and O–H groups in total. The van der Waals surface area contributed by atoms with E-state index in [1.54, 1.807) is 39.9 Å². The number of fused-ring (bicyclic) bond motifs is 1. The number of carbonyl (C=O) groups excluding carboxylic acids is 2. The topological polar surface area (TPSA) is 71.6 Å². The molecule has 3 heterocycles. The number of rotatable bonds is 4. The Morgan fingerprint density at radius 2 is 2.00 bits per heavy atom. The van der Waals surface area contributed by atoms with Crippen molar-refractivity contribution in [3.63, 3.8) is 0 Å². The van der Waals surface area contributed by atoms with E-state index in [-0.39, 0.29) is 17.6 Å². The van der Waals surface area contributed by atoms with Gasteiger partial charge in [0, 0.05) is 45.4 Å². The van der Waals surface area contributed by atoms with Crippen LogP contribution in [0.3, 0.4) is 0 Å². The Morgan fingerprint density at radius 3 is 2.68 bits per heavy atom. The number of amides is 2. The summed E-state index contributed by atoms with van der Waals surface area (Å²) in [5.74, 6) is -0.127. The normalized spacial score (nSPS) is 15.9. The van der Waals surface area contributed by atoms with E-state index in [1.165, 1.54) is 6.26 Å². The fourth-order valence-corrected chi connectivity index (χ4v) is 3.66. The maximum absolute atomic E-state index is 13.3. The van der Waals surface area contributed by atoms with Crippen LogP contribution in [0.5, 0.6) is 0 Å². The van der Waals surface area contributed by atoms with E-state index in [0.717, 1.165) is 16.7 Å². The van der Waals surface area contributed by atoms with Gasteiger partial charge < -0.3 is 14.2 Å². The Morgan fingerprint density at radius 1 is 1.21 bits per heavy atom. The predicted molar refractivity (Wildman–Crippen MR) is 102 cm³/mol. The molecule has 144 valence electrons. The van der Waals surface area contributed by atoms with E-state index in [4.69, 9.17) is 4.42 Å². The smallest absolute Gasteiger partial charge is 0.290 e. The van der Waals surface area contributed by atoms with Crippen LogP contribution in [0.1, 0.15) is 27.2 Å². The largest absolute Gasteiger partial charge is 0.459 e. The molecule has 1 aliphatic rings. The van der Waals surface area contributed by atoms with Crippen LogP contribution in [-0.2, 0) is 31.4 Å². The summed E-state index contributed by atoms with van der Waals surface area (Å²) < 4.78 is 7.00. The summed E-state index contributed by atoms with van der Waals surface area (Å²) in [7, 11) is 3.60. The van der Waals surface area contributed by atoms with E-state index in [1.807, 2.05) is 37.5 Å². The number of carbonyl (C=O) groups is 2. The minimum absolute atomic E-state index is 0.0988. The van der Waals surface area contributed by atoms with Crippen molar-refractivity contribution in [2.75, 3.05) is 7.05 Å². The number of likely N-dealkylation sites (N-methyl/N-ethyl adjacent to an activating group) is 1.